The Balaban J connectivity index is 2.66. The predicted octanol–water partition coefficient (Wildman–Crippen LogP) is 3.30. The minimum atomic E-state index is -0.407. The molecule has 1 unspecified atom stereocenters. The van der Waals surface area contributed by atoms with Crippen LogP contribution < -0.4 is 5.32 Å². The van der Waals surface area contributed by atoms with E-state index >= 15 is 0 Å². The second-order valence-electron chi connectivity index (χ2n) is 4.97. The molecule has 0 saturated heterocycles. The summed E-state index contributed by atoms with van der Waals surface area (Å²) in [6, 6.07) is 3.56. The van der Waals surface area contributed by atoms with Crippen molar-refractivity contribution in [3.8, 4) is 0 Å². The largest absolute Gasteiger partial charge is 0.377 e. The summed E-state index contributed by atoms with van der Waals surface area (Å²) in [7, 11) is 0. The van der Waals surface area contributed by atoms with E-state index in [2.05, 4.69) is 12.2 Å². The Labute approximate surface area is 114 Å². The normalized spacial score (nSPS) is 12.9. The molecule has 1 atom stereocenters. The molecule has 1 aromatic carbocycles. The maximum atomic E-state index is 13.6. The van der Waals surface area contributed by atoms with Crippen molar-refractivity contribution in [3.63, 3.8) is 0 Å². The van der Waals surface area contributed by atoms with Gasteiger partial charge < -0.3 is 10.1 Å². The lowest BCUT2D eigenvalue weighted by Gasteiger charge is -2.20. The summed E-state index contributed by atoms with van der Waals surface area (Å²) in [5, 5.41) is 3.31. The molecule has 0 aromatic heterocycles. The van der Waals surface area contributed by atoms with Gasteiger partial charge in [0.25, 0.3) is 0 Å². The summed E-state index contributed by atoms with van der Waals surface area (Å²) in [5.41, 5.74) is 0.390. The Kier molecular flexibility index (Phi) is 6.95. The number of hydrogen-bond donors (Lipinski definition) is 1. The molecule has 0 bridgehead atoms. The molecule has 1 N–H and O–H groups in total. The topological polar surface area (TPSA) is 21.3 Å². The van der Waals surface area contributed by atoms with Gasteiger partial charge in [-0.1, -0.05) is 6.92 Å². The van der Waals surface area contributed by atoms with Gasteiger partial charge in [0.15, 0.2) is 0 Å². The van der Waals surface area contributed by atoms with Crippen molar-refractivity contribution in [1.82, 2.24) is 5.32 Å². The van der Waals surface area contributed by atoms with E-state index in [0.717, 1.165) is 19.0 Å². The fraction of sp³-hybridized carbons (Fsp3) is 0.600. The Morgan fingerprint density at radius 1 is 1.26 bits per heavy atom. The van der Waals surface area contributed by atoms with Gasteiger partial charge in [0.2, 0.25) is 0 Å². The van der Waals surface area contributed by atoms with Gasteiger partial charge in [0.05, 0.1) is 12.7 Å². The molecular weight excluding hydrogens is 248 g/mol. The molecular formula is C15H23F2NO. The molecule has 0 saturated carbocycles. The molecule has 0 heterocycles. The molecule has 0 spiro atoms. The predicted molar refractivity (Wildman–Crippen MR) is 73.2 cm³/mol. The number of nitrogens with one attached hydrogen (secondary N) is 1. The lowest BCUT2D eigenvalue weighted by molar-refractivity contribution is 0.0611. The van der Waals surface area contributed by atoms with Crippen LogP contribution in [-0.2, 0) is 11.2 Å². The first-order chi connectivity index (χ1) is 9.02. The van der Waals surface area contributed by atoms with E-state index in [-0.39, 0.29) is 18.0 Å². The highest BCUT2D eigenvalue weighted by Crippen LogP contribution is 2.12. The second kappa shape index (κ2) is 8.23. The van der Waals surface area contributed by atoms with E-state index in [1.54, 1.807) is 0 Å². The zero-order valence-corrected chi connectivity index (χ0v) is 11.9. The minimum Gasteiger partial charge on any atom is -0.377 e. The van der Waals surface area contributed by atoms with Crippen molar-refractivity contribution in [3.05, 3.63) is 35.4 Å². The Morgan fingerprint density at radius 2 is 2.00 bits per heavy atom. The highest BCUT2D eigenvalue weighted by molar-refractivity contribution is 5.19. The first-order valence-electron chi connectivity index (χ1n) is 6.81. The maximum absolute atomic E-state index is 13.6. The molecule has 2 nitrogen and oxygen atoms in total. The fourth-order valence-electron chi connectivity index (χ4n) is 1.81. The van der Waals surface area contributed by atoms with Crippen molar-refractivity contribution in [2.75, 3.05) is 13.2 Å². The standard InChI is InChI=1S/C15H23F2NO/c1-4-7-18-14(10-19-11(2)3)9-12-8-13(16)5-6-15(12)17/h5-6,8,11,14,18H,4,7,9-10H2,1-3H3. The molecule has 0 aliphatic heterocycles. The molecule has 0 amide bonds. The van der Waals surface area contributed by atoms with Gasteiger partial charge in [-0.2, -0.15) is 0 Å². The van der Waals surface area contributed by atoms with Gasteiger partial charge in [-0.25, -0.2) is 8.78 Å². The summed E-state index contributed by atoms with van der Waals surface area (Å²) in [6.45, 7) is 7.31. The van der Waals surface area contributed by atoms with Crippen molar-refractivity contribution in [2.24, 2.45) is 0 Å². The van der Waals surface area contributed by atoms with Gasteiger partial charge in [0.1, 0.15) is 11.6 Å². The van der Waals surface area contributed by atoms with E-state index in [1.165, 1.54) is 12.1 Å². The highest BCUT2D eigenvalue weighted by atomic mass is 19.1. The number of ether oxygens (including phenoxy) is 1. The molecule has 4 heteroatoms. The molecule has 1 aromatic rings. The van der Waals surface area contributed by atoms with Crippen LogP contribution >= 0.6 is 0 Å². The third kappa shape index (κ3) is 6.12. The zero-order valence-electron chi connectivity index (χ0n) is 11.9. The van der Waals surface area contributed by atoms with Crippen LogP contribution in [0.5, 0.6) is 0 Å². The zero-order chi connectivity index (χ0) is 14.3. The van der Waals surface area contributed by atoms with E-state index in [9.17, 15) is 8.78 Å². The Bertz CT molecular complexity index is 382. The van der Waals surface area contributed by atoms with E-state index < -0.39 is 5.82 Å². The number of rotatable bonds is 8. The monoisotopic (exact) mass is 271 g/mol. The average Bonchev–Trinajstić information content (AvgIpc) is 2.36. The van der Waals surface area contributed by atoms with Gasteiger partial charge in [-0.3, -0.25) is 0 Å². The van der Waals surface area contributed by atoms with Gasteiger partial charge >= 0.3 is 0 Å². The van der Waals surface area contributed by atoms with Crippen LogP contribution in [0, 0.1) is 11.6 Å². The maximum Gasteiger partial charge on any atom is 0.126 e. The third-order valence-electron chi connectivity index (χ3n) is 2.79. The van der Waals surface area contributed by atoms with Gasteiger partial charge in [-0.15, -0.1) is 0 Å². The van der Waals surface area contributed by atoms with Gasteiger partial charge in [-0.05, 0) is 57.0 Å². The second-order valence-corrected chi connectivity index (χ2v) is 4.97. The van der Waals surface area contributed by atoms with Crippen LogP contribution in [0.2, 0.25) is 0 Å². The minimum absolute atomic E-state index is 0.00125. The van der Waals surface area contributed by atoms with Crippen LogP contribution in [-0.4, -0.2) is 25.3 Å². The molecule has 19 heavy (non-hydrogen) atoms. The summed E-state index contributed by atoms with van der Waals surface area (Å²) in [6.07, 6.45) is 1.54. The molecule has 0 aliphatic rings. The molecule has 0 fully saturated rings. The summed E-state index contributed by atoms with van der Waals surface area (Å²) >= 11 is 0. The lowest BCUT2D eigenvalue weighted by atomic mass is 10.1. The number of hydrogen-bond acceptors (Lipinski definition) is 2. The van der Waals surface area contributed by atoms with Crippen LogP contribution in [0.1, 0.15) is 32.8 Å². The van der Waals surface area contributed by atoms with E-state index in [1.807, 2.05) is 13.8 Å². The van der Waals surface area contributed by atoms with E-state index in [0.29, 0.717) is 18.6 Å². The quantitative estimate of drug-likeness (QED) is 0.783. The first-order valence-corrected chi connectivity index (χ1v) is 6.81. The molecule has 0 aliphatic carbocycles. The smallest absolute Gasteiger partial charge is 0.126 e. The van der Waals surface area contributed by atoms with Crippen molar-refractivity contribution in [1.29, 1.82) is 0 Å². The van der Waals surface area contributed by atoms with Crippen molar-refractivity contribution < 1.29 is 13.5 Å². The fourth-order valence-corrected chi connectivity index (χ4v) is 1.81. The average molecular weight is 271 g/mol. The Morgan fingerprint density at radius 3 is 2.63 bits per heavy atom. The molecule has 0 radical (unpaired) electrons. The summed E-state index contributed by atoms with van der Waals surface area (Å²) in [4.78, 5) is 0. The van der Waals surface area contributed by atoms with Crippen LogP contribution in [0.4, 0.5) is 8.78 Å². The van der Waals surface area contributed by atoms with E-state index in [4.69, 9.17) is 4.74 Å². The summed E-state index contributed by atoms with van der Waals surface area (Å²) < 4.78 is 32.3. The van der Waals surface area contributed by atoms with Crippen molar-refractivity contribution >= 4 is 0 Å². The van der Waals surface area contributed by atoms with Crippen LogP contribution in [0.25, 0.3) is 0 Å². The van der Waals surface area contributed by atoms with Gasteiger partial charge in [0, 0.05) is 6.04 Å². The summed E-state index contributed by atoms with van der Waals surface area (Å²) in [5.74, 6) is -0.773. The number of benzene rings is 1. The van der Waals surface area contributed by atoms with Crippen LogP contribution in [0.15, 0.2) is 18.2 Å². The lowest BCUT2D eigenvalue weighted by Crippen LogP contribution is -2.37. The molecule has 1 rings (SSSR count). The third-order valence-corrected chi connectivity index (χ3v) is 2.79. The number of halogens is 2. The SMILES string of the molecule is CCCNC(COC(C)C)Cc1cc(F)ccc1F. The van der Waals surface area contributed by atoms with Crippen LogP contribution in [0.3, 0.4) is 0 Å². The Hall–Kier alpha value is -1.00. The highest BCUT2D eigenvalue weighted by Gasteiger charge is 2.13. The van der Waals surface area contributed by atoms with Crippen molar-refractivity contribution in [2.45, 2.75) is 45.8 Å². The first kappa shape index (κ1) is 16.1. The molecule has 108 valence electrons.